The highest BCUT2D eigenvalue weighted by molar-refractivity contribution is 7.09. The molecule has 2 nitrogen and oxygen atoms in total. The summed E-state index contributed by atoms with van der Waals surface area (Å²) < 4.78 is 0. The van der Waals surface area contributed by atoms with Crippen LogP contribution in [0.3, 0.4) is 0 Å². The number of rotatable bonds is 3. The third kappa shape index (κ3) is 3.39. The largest absolute Gasteiger partial charge is 0.309 e. The highest BCUT2D eigenvalue weighted by Gasteiger charge is 2.17. The molecule has 0 spiro atoms. The summed E-state index contributed by atoms with van der Waals surface area (Å²) in [6, 6.07) is 0.523. The van der Waals surface area contributed by atoms with Crippen LogP contribution < -0.4 is 5.32 Å². The maximum atomic E-state index is 4.61. The van der Waals surface area contributed by atoms with Gasteiger partial charge in [0.1, 0.15) is 0 Å². The average Bonchev–Trinajstić information content (AvgIpc) is 2.47. The Morgan fingerprint density at radius 2 is 2.07 bits per heavy atom. The van der Waals surface area contributed by atoms with Gasteiger partial charge in [0.25, 0.3) is 0 Å². The number of nitrogens with zero attached hydrogens (tertiary/aromatic N) is 1. The van der Waals surface area contributed by atoms with E-state index in [0.717, 1.165) is 12.2 Å². The normalized spacial score (nSPS) is 12.4. The molecule has 0 aliphatic rings. The molecule has 14 heavy (non-hydrogen) atoms. The summed E-state index contributed by atoms with van der Waals surface area (Å²) in [5, 5.41) is 6.74. The van der Waals surface area contributed by atoms with E-state index in [9.17, 15) is 0 Å². The van der Waals surface area contributed by atoms with Crippen LogP contribution in [0.5, 0.6) is 0 Å². The second-order valence-corrected chi connectivity index (χ2v) is 5.79. The van der Waals surface area contributed by atoms with Crippen molar-refractivity contribution in [2.75, 3.05) is 0 Å². The van der Waals surface area contributed by atoms with Crippen molar-refractivity contribution in [3.05, 3.63) is 16.1 Å². The zero-order chi connectivity index (χ0) is 10.8. The molecule has 0 radical (unpaired) electrons. The van der Waals surface area contributed by atoms with E-state index in [-0.39, 0.29) is 5.41 Å². The van der Waals surface area contributed by atoms with Gasteiger partial charge in [-0.05, 0) is 0 Å². The first-order valence-corrected chi connectivity index (χ1v) is 5.96. The lowest BCUT2D eigenvalue weighted by Crippen LogP contribution is -2.22. The monoisotopic (exact) mass is 212 g/mol. The first kappa shape index (κ1) is 11.7. The van der Waals surface area contributed by atoms with E-state index in [1.165, 1.54) is 5.01 Å². The minimum absolute atomic E-state index is 0.181. The molecule has 3 heteroatoms. The molecule has 0 unspecified atom stereocenters. The van der Waals surface area contributed by atoms with Crippen LogP contribution in [0.4, 0.5) is 0 Å². The molecule has 0 atom stereocenters. The Morgan fingerprint density at radius 3 is 2.50 bits per heavy atom. The molecule has 80 valence electrons. The Labute approximate surface area is 90.8 Å². The van der Waals surface area contributed by atoms with Crippen LogP contribution in [0, 0.1) is 0 Å². The van der Waals surface area contributed by atoms with Crippen LogP contribution in [0.2, 0.25) is 0 Å². The van der Waals surface area contributed by atoms with Gasteiger partial charge in [-0.2, -0.15) is 0 Å². The fourth-order valence-corrected chi connectivity index (χ4v) is 1.95. The molecular formula is C11H20N2S. The van der Waals surface area contributed by atoms with Crippen LogP contribution in [0.15, 0.2) is 5.38 Å². The third-order valence-electron chi connectivity index (χ3n) is 1.88. The van der Waals surface area contributed by atoms with Crippen LogP contribution in [-0.2, 0) is 12.0 Å². The minimum atomic E-state index is 0.181. The van der Waals surface area contributed by atoms with E-state index in [0.29, 0.717) is 6.04 Å². The quantitative estimate of drug-likeness (QED) is 0.833. The van der Waals surface area contributed by atoms with Crippen LogP contribution in [-0.4, -0.2) is 11.0 Å². The molecule has 0 aliphatic carbocycles. The molecule has 0 amide bonds. The van der Waals surface area contributed by atoms with Crippen LogP contribution in [0.25, 0.3) is 0 Å². The van der Waals surface area contributed by atoms with Crippen molar-refractivity contribution >= 4 is 11.3 Å². The first-order chi connectivity index (χ1) is 6.39. The fraction of sp³-hybridized carbons (Fsp3) is 0.727. The van der Waals surface area contributed by atoms with Crippen molar-refractivity contribution in [2.45, 2.75) is 52.6 Å². The number of hydrogen-bond donors (Lipinski definition) is 1. The average molecular weight is 212 g/mol. The van der Waals surface area contributed by atoms with E-state index in [1.807, 2.05) is 0 Å². The lowest BCUT2D eigenvalue weighted by Gasteiger charge is -2.13. The molecular weight excluding hydrogens is 192 g/mol. The van der Waals surface area contributed by atoms with Crippen molar-refractivity contribution < 1.29 is 0 Å². The zero-order valence-corrected chi connectivity index (χ0v) is 10.5. The Hall–Kier alpha value is -0.410. The first-order valence-electron chi connectivity index (χ1n) is 5.08. The van der Waals surface area contributed by atoms with Crippen molar-refractivity contribution in [1.82, 2.24) is 10.3 Å². The second-order valence-electron chi connectivity index (χ2n) is 4.93. The Kier molecular flexibility index (Phi) is 3.67. The summed E-state index contributed by atoms with van der Waals surface area (Å²) in [4.78, 5) is 4.61. The summed E-state index contributed by atoms with van der Waals surface area (Å²) in [5.74, 6) is 0. The van der Waals surface area contributed by atoms with Crippen LogP contribution >= 0.6 is 11.3 Å². The predicted molar refractivity (Wildman–Crippen MR) is 62.8 cm³/mol. The summed E-state index contributed by atoms with van der Waals surface area (Å²) in [7, 11) is 0. The number of nitrogens with one attached hydrogen (secondary N) is 1. The summed E-state index contributed by atoms with van der Waals surface area (Å²) in [6.07, 6.45) is 0. The molecule has 0 bridgehead atoms. The van der Waals surface area contributed by atoms with Gasteiger partial charge in [0, 0.05) is 23.4 Å². The molecule has 1 rings (SSSR count). The fourth-order valence-electron chi connectivity index (χ4n) is 1.04. The highest BCUT2D eigenvalue weighted by atomic mass is 32.1. The van der Waals surface area contributed by atoms with Gasteiger partial charge in [-0.25, -0.2) is 4.98 Å². The van der Waals surface area contributed by atoms with Gasteiger partial charge in [-0.3, -0.25) is 0 Å². The van der Waals surface area contributed by atoms with Crippen LogP contribution in [0.1, 0.15) is 45.3 Å². The maximum Gasteiger partial charge on any atom is 0.0982 e. The minimum Gasteiger partial charge on any atom is -0.309 e. The van der Waals surface area contributed by atoms with E-state index in [2.05, 4.69) is 50.3 Å². The topological polar surface area (TPSA) is 24.9 Å². The third-order valence-corrected chi connectivity index (χ3v) is 3.20. The molecule has 0 saturated carbocycles. The molecule has 0 saturated heterocycles. The van der Waals surface area contributed by atoms with E-state index in [1.54, 1.807) is 11.3 Å². The molecule has 0 aromatic carbocycles. The number of aromatic nitrogens is 1. The standard InChI is InChI=1S/C11H20N2S/c1-8(2)12-6-9-7-14-10(13-9)11(3,4)5/h7-8,12H,6H2,1-5H3. The van der Waals surface area contributed by atoms with Crippen molar-refractivity contribution in [1.29, 1.82) is 0 Å². The van der Waals surface area contributed by atoms with Crippen molar-refractivity contribution in [3.63, 3.8) is 0 Å². The lowest BCUT2D eigenvalue weighted by atomic mass is 9.98. The SMILES string of the molecule is CC(C)NCc1csc(C(C)(C)C)n1. The molecule has 1 heterocycles. The number of thiazole rings is 1. The smallest absolute Gasteiger partial charge is 0.0982 e. The van der Waals surface area contributed by atoms with E-state index >= 15 is 0 Å². The Bertz CT molecular complexity index is 284. The highest BCUT2D eigenvalue weighted by Crippen LogP contribution is 2.25. The molecule has 1 aromatic heterocycles. The Morgan fingerprint density at radius 1 is 1.43 bits per heavy atom. The van der Waals surface area contributed by atoms with Gasteiger partial charge in [0.2, 0.25) is 0 Å². The maximum absolute atomic E-state index is 4.61. The summed E-state index contributed by atoms with van der Waals surface area (Å²) in [5.41, 5.74) is 1.34. The predicted octanol–water partition coefficient (Wildman–Crippen LogP) is 2.94. The summed E-state index contributed by atoms with van der Waals surface area (Å²) in [6.45, 7) is 11.8. The van der Waals surface area contributed by atoms with Gasteiger partial charge in [0.15, 0.2) is 0 Å². The summed E-state index contributed by atoms with van der Waals surface area (Å²) >= 11 is 1.76. The molecule has 1 aromatic rings. The molecule has 0 fully saturated rings. The zero-order valence-electron chi connectivity index (χ0n) is 9.72. The van der Waals surface area contributed by atoms with Gasteiger partial charge in [-0.1, -0.05) is 34.6 Å². The van der Waals surface area contributed by atoms with Gasteiger partial charge >= 0.3 is 0 Å². The van der Waals surface area contributed by atoms with E-state index in [4.69, 9.17) is 0 Å². The van der Waals surface area contributed by atoms with Crippen molar-refractivity contribution in [3.8, 4) is 0 Å². The second kappa shape index (κ2) is 4.41. The number of hydrogen-bond acceptors (Lipinski definition) is 3. The lowest BCUT2D eigenvalue weighted by molar-refractivity contribution is 0.564. The Balaban J connectivity index is 2.60. The van der Waals surface area contributed by atoms with Crippen molar-refractivity contribution in [2.24, 2.45) is 0 Å². The van der Waals surface area contributed by atoms with Gasteiger partial charge in [-0.15, -0.1) is 11.3 Å². The van der Waals surface area contributed by atoms with E-state index < -0.39 is 0 Å². The molecule has 0 aliphatic heterocycles. The van der Waals surface area contributed by atoms with Gasteiger partial charge < -0.3 is 5.32 Å². The molecule has 1 N–H and O–H groups in total. The van der Waals surface area contributed by atoms with Gasteiger partial charge in [0.05, 0.1) is 10.7 Å².